The van der Waals surface area contributed by atoms with Crippen molar-refractivity contribution < 1.29 is 13.9 Å². The molecule has 1 N–H and O–H groups in total. The molecule has 0 saturated heterocycles. The first-order chi connectivity index (χ1) is 12.7. The van der Waals surface area contributed by atoms with Gasteiger partial charge in [-0.25, -0.2) is 9.37 Å². The molecule has 2 aromatic carbocycles. The fourth-order valence-electron chi connectivity index (χ4n) is 2.86. The SMILES string of the molecule is O=C(Nc1ccc(Oc2cnccn2)cc1)[C@@H]1C[C@@H]1c1ccc(F)cc1. The highest BCUT2D eigenvalue weighted by Gasteiger charge is 2.43. The molecular weight excluding hydrogens is 333 g/mol. The molecule has 0 spiro atoms. The Bertz CT molecular complexity index is 899. The lowest BCUT2D eigenvalue weighted by Gasteiger charge is -2.07. The summed E-state index contributed by atoms with van der Waals surface area (Å²) in [5, 5.41) is 2.91. The molecule has 1 aliphatic carbocycles. The zero-order valence-corrected chi connectivity index (χ0v) is 13.8. The van der Waals surface area contributed by atoms with E-state index in [4.69, 9.17) is 4.74 Å². The summed E-state index contributed by atoms with van der Waals surface area (Å²) >= 11 is 0. The number of ether oxygens (including phenoxy) is 1. The minimum atomic E-state index is -0.265. The summed E-state index contributed by atoms with van der Waals surface area (Å²) in [6.45, 7) is 0. The van der Waals surface area contributed by atoms with Crippen molar-refractivity contribution in [1.82, 2.24) is 9.97 Å². The summed E-state index contributed by atoms with van der Waals surface area (Å²) in [7, 11) is 0. The standard InChI is InChI=1S/C20H16FN3O2/c21-14-3-1-13(2-4-14)17-11-18(17)20(25)24-15-5-7-16(8-6-15)26-19-12-22-9-10-23-19/h1-10,12,17-18H,11H2,(H,24,25)/t17-,18-/m1/s1. The lowest BCUT2D eigenvalue weighted by Crippen LogP contribution is -2.14. The number of aromatic nitrogens is 2. The molecule has 0 radical (unpaired) electrons. The topological polar surface area (TPSA) is 64.1 Å². The predicted octanol–water partition coefficient (Wildman–Crippen LogP) is 4.15. The second kappa shape index (κ2) is 6.92. The van der Waals surface area contributed by atoms with Gasteiger partial charge >= 0.3 is 0 Å². The maximum Gasteiger partial charge on any atom is 0.237 e. The molecule has 6 heteroatoms. The van der Waals surface area contributed by atoms with Crippen molar-refractivity contribution in [1.29, 1.82) is 0 Å². The molecule has 1 aliphatic rings. The van der Waals surface area contributed by atoms with Crippen molar-refractivity contribution >= 4 is 11.6 Å². The largest absolute Gasteiger partial charge is 0.438 e. The molecule has 26 heavy (non-hydrogen) atoms. The Balaban J connectivity index is 1.34. The van der Waals surface area contributed by atoms with Crippen LogP contribution in [0.2, 0.25) is 0 Å². The summed E-state index contributed by atoms with van der Waals surface area (Å²) in [4.78, 5) is 20.3. The zero-order chi connectivity index (χ0) is 17.9. The monoisotopic (exact) mass is 349 g/mol. The van der Waals surface area contributed by atoms with Gasteiger partial charge in [0, 0.05) is 24.0 Å². The molecule has 1 fully saturated rings. The molecule has 4 rings (SSSR count). The Morgan fingerprint density at radius 1 is 1.08 bits per heavy atom. The molecule has 130 valence electrons. The number of benzene rings is 2. The minimum absolute atomic E-state index is 0.0260. The molecule has 2 atom stereocenters. The van der Waals surface area contributed by atoms with Crippen LogP contribution in [0.15, 0.2) is 67.1 Å². The summed E-state index contributed by atoms with van der Waals surface area (Å²) in [6, 6.07) is 13.4. The third-order valence-corrected chi connectivity index (χ3v) is 4.31. The molecule has 1 saturated carbocycles. The Kier molecular flexibility index (Phi) is 4.31. The maximum absolute atomic E-state index is 13.0. The van der Waals surface area contributed by atoms with Gasteiger partial charge in [-0.1, -0.05) is 12.1 Å². The number of hydrogen-bond donors (Lipinski definition) is 1. The van der Waals surface area contributed by atoms with Crippen molar-refractivity contribution in [3.05, 3.63) is 78.5 Å². The molecule has 1 amide bonds. The fourth-order valence-corrected chi connectivity index (χ4v) is 2.86. The third kappa shape index (κ3) is 3.69. The van der Waals surface area contributed by atoms with Gasteiger partial charge in [-0.3, -0.25) is 9.78 Å². The van der Waals surface area contributed by atoms with Gasteiger partial charge in [0.1, 0.15) is 11.6 Å². The summed E-state index contributed by atoms with van der Waals surface area (Å²) in [5.41, 5.74) is 1.70. The minimum Gasteiger partial charge on any atom is -0.438 e. The van der Waals surface area contributed by atoms with Crippen molar-refractivity contribution in [2.24, 2.45) is 5.92 Å². The average Bonchev–Trinajstić information content (AvgIpc) is 3.46. The molecule has 3 aromatic rings. The number of anilines is 1. The van der Waals surface area contributed by atoms with Crippen LogP contribution in [0.25, 0.3) is 0 Å². The van der Waals surface area contributed by atoms with Gasteiger partial charge in [0.2, 0.25) is 11.8 Å². The molecule has 0 bridgehead atoms. The van der Waals surface area contributed by atoms with Crippen LogP contribution < -0.4 is 10.1 Å². The highest BCUT2D eigenvalue weighted by atomic mass is 19.1. The van der Waals surface area contributed by atoms with Crippen LogP contribution in [0.1, 0.15) is 17.9 Å². The van der Waals surface area contributed by atoms with Crippen LogP contribution >= 0.6 is 0 Å². The van der Waals surface area contributed by atoms with Crippen LogP contribution in [0, 0.1) is 11.7 Å². The molecular formula is C20H16FN3O2. The van der Waals surface area contributed by atoms with E-state index in [0.717, 1.165) is 12.0 Å². The van der Waals surface area contributed by atoms with Gasteiger partial charge < -0.3 is 10.1 Å². The van der Waals surface area contributed by atoms with Crippen LogP contribution in [0.5, 0.6) is 11.6 Å². The van der Waals surface area contributed by atoms with Crippen LogP contribution in [-0.2, 0) is 4.79 Å². The van der Waals surface area contributed by atoms with E-state index in [0.29, 0.717) is 17.3 Å². The van der Waals surface area contributed by atoms with Gasteiger partial charge in [0.05, 0.1) is 6.20 Å². The second-order valence-corrected chi connectivity index (χ2v) is 6.16. The van der Waals surface area contributed by atoms with E-state index in [2.05, 4.69) is 15.3 Å². The summed E-state index contributed by atoms with van der Waals surface area (Å²) in [6.07, 6.45) is 5.43. The van der Waals surface area contributed by atoms with Crippen molar-refractivity contribution in [3.63, 3.8) is 0 Å². The highest BCUT2D eigenvalue weighted by molar-refractivity contribution is 5.95. The van der Waals surface area contributed by atoms with E-state index in [9.17, 15) is 9.18 Å². The van der Waals surface area contributed by atoms with Gasteiger partial charge in [0.15, 0.2) is 0 Å². The Morgan fingerprint density at radius 3 is 2.54 bits per heavy atom. The smallest absolute Gasteiger partial charge is 0.237 e. The first-order valence-electron chi connectivity index (χ1n) is 8.29. The predicted molar refractivity (Wildman–Crippen MR) is 94.4 cm³/mol. The number of carbonyl (C=O) groups is 1. The quantitative estimate of drug-likeness (QED) is 0.751. The van der Waals surface area contributed by atoms with E-state index in [1.54, 1.807) is 48.8 Å². The van der Waals surface area contributed by atoms with E-state index in [-0.39, 0.29) is 23.6 Å². The molecule has 5 nitrogen and oxygen atoms in total. The highest BCUT2D eigenvalue weighted by Crippen LogP contribution is 2.48. The second-order valence-electron chi connectivity index (χ2n) is 6.16. The molecule has 1 aromatic heterocycles. The number of nitrogens with zero attached hydrogens (tertiary/aromatic N) is 2. The van der Waals surface area contributed by atoms with Gasteiger partial charge in [-0.05, 0) is 54.3 Å². The number of carbonyl (C=O) groups excluding carboxylic acids is 1. The van der Waals surface area contributed by atoms with Crippen LogP contribution in [0.4, 0.5) is 10.1 Å². The number of nitrogens with one attached hydrogen (secondary N) is 1. The third-order valence-electron chi connectivity index (χ3n) is 4.31. The van der Waals surface area contributed by atoms with E-state index >= 15 is 0 Å². The number of hydrogen-bond acceptors (Lipinski definition) is 4. The van der Waals surface area contributed by atoms with Gasteiger partial charge in [0.25, 0.3) is 0 Å². The number of rotatable bonds is 5. The van der Waals surface area contributed by atoms with Crippen LogP contribution in [0.3, 0.4) is 0 Å². The van der Waals surface area contributed by atoms with E-state index in [1.165, 1.54) is 18.3 Å². The lowest BCUT2D eigenvalue weighted by atomic mass is 10.1. The first kappa shape index (κ1) is 16.2. The van der Waals surface area contributed by atoms with E-state index in [1.807, 2.05) is 0 Å². The fraction of sp³-hybridized carbons (Fsp3) is 0.150. The van der Waals surface area contributed by atoms with Gasteiger partial charge in [-0.15, -0.1) is 0 Å². The molecule has 1 heterocycles. The number of halogens is 1. The normalized spacial score (nSPS) is 18.2. The molecule has 0 unspecified atom stereocenters. The average molecular weight is 349 g/mol. The van der Waals surface area contributed by atoms with Crippen molar-refractivity contribution in [2.75, 3.05) is 5.32 Å². The first-order valence-corrected chi connectivity index (χ1v) is 8.29. The Morgan fingerprint density at radius 2 is 1.85 bits per heavy atom. The van der Waals surface area contributed by atoms with Gasteiger partial charge in [-0.2, -0.15) is 0 Å². The maximum atomic E-state index is 13.0. The van der Waals surface area contributed by atoms with Crippen molar-refractivity contribution in [2.45, 2.75) is 12.3 Å². The zero-order valence-electron chi connectivity index (χ0n) is 13.8. The van der Waals surface area contributed by atoms with Crippen LogP contribution in [-0.4, -0.2) is 15.9 Å². The molecule has 0 aliphatic heterocycles. The Hall–Kier alpha value is -3.28. The number of amides is 1. The van der Waals surface area contributed by atoms with E-state index < -0.39 is 0 Å². The summed E-state index contributed by atoms with van der Waals surface area (Å²) < 4.78 is 18.6. The lowest BCUT2D eigenvalue weighted by molar-refractivity contribution is -0.117. The summed E-state index contributed by atoms with van der Waals surface area (Å²) in [5.74, 6) is 0.815. The van der Waals surface area contributed by atoms with Crippen molar-refractivity contribution in [3.8, 4) is 11.6 Å². The Labute approximate surface area is 149 Å².